The first kappa shape index (κ1) is 14.8. The topological polar surface area (TPSA) is 22.1 Å². The highest BCUT2D eigenvalue weighted by atomic mass is 79.9. The second-order valence-electron chi connectivity index (χ2n) is 4.01. The molecule has 0 spiro atoms. The molecule has 96 valence electrons. The van der Waals surface area contributed by atoms with Gasteiger partial charge in [0, 0.05) is 16.2 Å². The van der Waals surface area contributed by atoms with Crippen LogP contribution in [0.3, 0.4) is 0 Å². The number of hydrogen-bond acceptors (Lipinski definition) is 2. The van der Waals surface area contributed by atoms with Crippen molar-refractivity contribution in [3.8, 4) is 5.88 Å². The van der Waals surface area contributed by atoms with Crippen molar-refractivity contribution in [2.75, 3.05) is 6.61 Å². The third kappa shape index (κ3) is 5.73. The fraction of sp³-hybridized carbons (Fsp3) is 0.615. The van der Waals surface area contributed by atoms with Crippen molar-refractivity contribution in [2.45, 2.75) is 44.9 Å². The molecule has 0 atom stereocenters. The smallest absolute Gasteiger partial charge is 0.217 e. The lowest BCUT2D eigenvalue weighted by atomic mass is 10.2. The van der Waals surface area contributed by atoms with Crippen LogP contribution in [0, 0.1) is 0 Å². The van der Waals surface area contributed by atoms with Crippen molar-refractivity contribution in [2.24, 2.45) is 0 Å². The van der Waals surface area contributed by atoms with Gasteiger partial charge in [-0.1, -0.05) is 32.6 Å². The quantitative estimate of drug-likeness (QED) is 0.500. The minimum atomic E-state index is 0.428. The molecule has 0 saturated heterocycles. The average molecular weight is 321 g/mol. The van der Waals surface area contributed by atoms with Crippen LogP contribution in [-0.4, -0.2) is 11.6 Å². The summed E-state index contributed by atoms with van der Waals surface area (Å²) in [6, 6.07) is 1.95. The maximum Gasteiger partial charge on any atom is 0.217 e. The van der Waals surface area contributed by atoms with Gasteiger partial charge in [0.05, 0.1) is 12.5 Å². The molecule has 1 heterocycles. The van der Waals surface area contributed by atoms with Gasteiger partial charge in [0.15, 0.2) is 0 Å². The van der Waals surface area contributed by atoms with E-state index < -0.39 is 0 Å². The number of unbranched alkanes of at least 4 members (excludes halogenated alkanes) is 4. The number of hydrogen-bond donors (Lipinski definition) is 0. The molecule has 0 aliphatic rings. The molecule has 0 amide bonds. The minimum absolute atomic E-state index is 0.428. The van der Waals surface area contributed by atoms with Crippen molar-refractivity contribution < 1.29 is 4.74 Å². The first-order valence-corrected chi connectivity index (χ1v) is 7.44. The van der Waals surface area contributed by atoms with Crippen LogP contribution in [-0.2, 0) is 5.88 Å². The van der Waals surface area contributed by atoms with E-state index in [2.05, 4.69) is 27.8 Å². The Labute approximate surface area is 117 Å². The van der Waals surface area contributed by atoms with E-state index in [1.165, 1.54) is 25.7 Å². The lowest BCUT2D eigenvalue weighted by Gasteiger charge is -2.08. The summed E-state index contributed by atoms with van der Waals surface area (Å²) < 4.78 is 6.58. The van der Waals surface area contributed by atoms with E-state index in [1.54, 1.807) is 6.20 Å². The molecular formula is C13H19BrClNO. The molecule has 0 radical (unpaired) electrons. The van der Waals surface area contributed by atoms with E-state index in [9.17, 15) is 0 Å². The maximum absolute atomic E-state index is 5.84. The van der Waals surface area contributed by atoms with Crippen molar-refractivity contribution in [1.29, 1.82) is 0 Å². The van der Waals surface area contributed by atoms with Crippen LogP contribution in [0.25, 0.3) is 0 Å². The van der Waals surface area contributed by atoms with E-state index in [-0.39, 0.29) is 0 Å². The molecule has 0 unspecified atom stereocenters. The first-order chi connectivity index (χ1) is 8.27. The van der Waals surface area contributed by atoms with Crippen LogP contribution in [0.5, 0.6) is 5.88 Å². The molecule has 4 heteroatoms. The Morgan fingerprint density at radius 2 is 2.06 bits per heavy atom. The third-order valence-electron chi connectivity index (χ3n) is 2.52. The standard InChI is InChI=1S/C13H19BrClNO/c1-2-3-4-5-6-7-17-13-11(9-15)8-12(14)10-16-13/h8,10H,2-7,9H2,1H3. The summed E-state index contributed by atoms with van der Waals surface area (Å²) in [6.45, 7) is 2.94. The van der Waals surface area contributed by atoms with Gasteiger partial charge in [-0.15, -0.1) is 11.6 Å². The Kier molecular flexibility index (Phi) is 7.62. The Balaban J connectivity index is 2.31. The summed E-state index contributed by atoms with van der Waals surface area (Å²) in [5.74, 6) is 1.09. The second-order valence-corrected chi connectivity index (χ2v) is 5.20. The van der Waals surface area contributed by atoms with Gasteiger partial charge < -0.3 is 4.74 Å². The van der Waals surface area contributed by atoms with E-state index in [1.807, 2.05) is 6.07 Å². The van der Waals surface area contributed by atoms with Crippen LogP contribution < -0.4 is 4.74 Å². The molecule has 17 heavy (non-hydrogen) atoms. The Bertz CT molecular complexity index is 333. The molecule has 1 aromatic heterocycles. The zero-order valence-corrected chi connectivity index (χ0v) is 12.6. The van der Waals surface area contributed by atoms with Gasteiger partial charge in [0.2, 0.25) is 5.88 Å². The largest absolute Gasteiger partial charge is 0.477 e. The molecular weight excluding hydrogens is 302 g/mol. The van der Waals surface area contributed by atoms with Crippen molar-refractivity contribution >= 4 is 27.5 Å². The zero-order chi connectivity index (χ0) is 12.5. The molecule has 0 aliphatic heterocycles. The number of rotatable bonds is 8. The monoisotopic (exact) mass is 319 g/mol. The van der Waals surface area contributed by atoms with Gasteiger partial charge in [-0.2, -0.15) is 0 Å². The number of aromatic nitrogens is 1. The van der Waals surface area contributed by atoms with Crippen molar-refractivity contribution in [3.05, 3.63) is 22.3 Å². The summed E-state index contributed by atoms with van der Waals surface area (Å²) in [4.78, 5) is 4.23. The van der Waals surface area contributed by atoms with Crippen LogP contribution >= 0.6 is 27.5 Å². The fourth-order valence-electron chi connectivity index (χ4n) is 1.57. The number of alkyl halides is 1. The molecule has 0 N–H and O–H groups in total. The molecule has 0 saturated carbocycles. The van der Waals surface area contributed by atoms with Gasteiger partial charge in [0.1, 0.15) is 0 Å². The first-order valence-electron chi connectivity index (χ1n) is 6.11. The summed E-state index contributed by atoms with van der Waals surface area (Å²) >= 11 is 9.22. The molecule has 0 aliphatic carbocycles. The van der Waals surface area contributed by atoms with E-state index in [0.717, 1.165) is 23.1 Å². The Hall–Kier alpha value is -0.280. The van der Waals surface area contributed by atoms with Gasteiger partial charge in [-0.3, -0.25) is 0 Å². The normalized spacial score (nSPS) is 10.5. The van der Waals surface area contributed by atoms with Crippen LogP contribution in [0.4, 0.5) is 0 Å². The summed E-state index contributed by atoms with van der Waals surface area (Å²) in [5.41, 5.74) is 0.939. The van der Waals surface area contributed by atoms with Crippen molar-refractivity contribution in [1.82, 2.24) is 4.98 Å². The Morgan fingerprint density at radius 3 is 2.76 bits per heavy atom. The van der Waals surface area contributed by atoms with E-state index in [4.69, 9.17) is 16.3 Å². The van der Waals surface area contributed by atoms with Crippen LogP contribution in [0.1, 0.15) is 44.6 Å². The van der Waals surface area contributed by atoms with E-state index >= 15 is 0 Å². The van der Waals surface area contributed by atoms with Gasteiger partial charge >= 0.3 is 0 Å². The summed E-state index contributed by atoms with van der Waals surface area (Å²) in [7, 11) is 0. The predicted molar refractivity (Wildman–Crippen MR) is 75.7 cm³/mol. The van der Waals surface area contributed by atoms with Crippen LogP contribution in [0.15, 0.2) is 16.7 Å². The molecule has 0 bridgehead atoms. The number of pyridine rings is 1. The number of ether oxygens (including phenoxy) is 1. The molecule has 0 aromatic carbocycles. The third-order valence-corrected chi connectivity index (χ3v) is 3.24. The molecule has 1 rings (SSSR count). The lowest BCUT2D eigenvalue weighted by Crippen LogP contribution is -2.01. The van der Waals surface area contributed by atoms with E-state index in [0.29, 0.717) is 11.8 Å². The highest BCUT2D eigenvalue weighted by Crippen LogP contribution is 2.21. The molecule has 0 fully saturated rings. The number of halogens is 2. The summed E-state index contributed by atoms with van der Waals surface area (Å²) in [6.07, 6.45) is 7.91. The van der Waals surface area contributed by atoms with Gasteiger partial charge in [-0.05, 0) is 28.4 Å². The number of nitrogens with zero attached hydrogens (tertiary/aromatic N) is 1. The highest BCUT2D eigenvalue weighted by Gasteiger charge is 2.05. The fourth-order valence-corrected chi connectivity index (χ4v) is 2.14. The molecule has 1 aromatic rings. The minimum Gasteiger partial charge on any atom is -0.477 e. The lowest BCUT2D eigenvalue weighted by molar-refractivity contribution is 0.291. The summed E-state index contributed by atoms with van der Waals surface area (Å²) in [5, 5.41) is 0. The van der Waals surface area contributed by atoms with Gasteiger partial charge in [-0.25, -0.2) is 4.98 Å². The second kappa shape index (κ2) is 8.76. The predicted octanol–water partition coefficient (Wildman–Crippen LogP) is 4.93. The molecule has 2 nitrogen and oxygen atoms in total. The maximum atomic E-state index is 5.84. The van der Waals surface area contributed by atoms with Crippen LogP contribution in [0.2, 0.25) is 0 Å². The Morgan fingerprint density at radius 1 is 1.29 bits per heavy atom. The average Bonchev–Trinajstić information content (AvgIpc) is 2.35. The zero-order valence-electron chi connectivity index (χ0n) is 10.2. The SMILES string of the molecule is CCCCCCCOc1ncc(Br)cc1CCl. The van der Waals surface area contributed by atoms with Crippen molar-refractivity contribution in [3.63, 3.8) is 0 Å². The van der Waals surface area contributed by atoms with Gasteiger partial charge in [0.25, 0.3) is 0 Å². The highest BCUT2D eigenvalue weighted by molar-refractivity contribution is 9.10.